The Hall–Kier alpha value is -2.20. The molecule has 4 heteroatoms. The lowest BCUT2D eigenvalue weighted by Gasteiger charge is -2.32. The molecule has 2 aromatic rings. The van der Waals surface area contributed by atoms with Crippen LogP contribution in [-0.2, 0) is 13.0 Å². The maximum absolute atomic E-state index is 13.4. The predicted molar refractivity (Wildman–Crippen MR) is 110 cm³/mol. The Morgan fingerprint density at radius 1 is 0.929 bits per heavy atom. The molecule has 0 N–H and O–H groups in total. The Kier molecular flexibility index (Phi) is 6.06. The van der Waals surface area contributed by atoms with Crippen molar-refractivity contribution in [3.8, 4) is 0 Å². The van der Waals surface area contributed by atoms with E-state index >= 15 is 0 Å². The summed E-state index contributed by atoms with van der Waals surface area (Å²) in [7, 11) is 0. The number of hydrogen-bond acceptors (Lipinski definition) is 2. The molecule has 2 heterocycles. The van der Waals surface area contributed by atoms with Gasteiger partial charge in [0.15, 0.2) is 0 Å². The van der Waals surface area contributed by atoms with E-state index in [0.29, 0.717) is 5.92 Å². The molecule has 2 aliphatic rings. The van der Waals surface area contributed by atoms with Crippen LogP contribution in [0.5, 0.6) is 0 Å². The van der Waals surface area contributed by atoms with E-state index in [0.717, 1.165) is 76.0 Å². The highest BCUT2D eigenvalue weighted by Crippen LogP contribution is 2.23. The summed E-state index contributed by atoms with van der Waals surface area (Å²) in [6.07, 6.45) is 5.53. The van der Waals surface area contributed by atoms with Gasteiger partial charge < -0.3 is 4.90 Å². The van der Waals surface area contributed by atoms with Crippen molar-refractivity contribution in [3.63, 3.8) is 0 Å². The highest BCUT2D eigenvalue weighted by Gasteiger charge is 2.21. The van der Waals surface area contributed by atoms with E-state index in [4.69, 9.17) is 0 Å². The average Bonchev–Trinajstić information content (AvgIpc) is 3.24. The Balaban J connectivity index is 1.26. The van der Waals surface area contributed by atoms with Gasteiger partial charge >= 0.3 is 0 Å². The molecule has 0 spiro atoms. The molecule has 0 unspecified atom stereocenters. The van der Waals surface area contributed by atoms with Gasteiger partial charge in [-0.1, -0.05) is 24.3 Å². The molecule has 0 aromatic heterocycles. The molecule has 3 nitrogen and oxygen atoms in total. The zero-order chi connectivity index (χ0) is 19.3. The third kappa shape index (κ3) is 4.79. The zero-order valence-corrected chi connectivity index (χ0v) is 16.4. The van der Waals surface area contributed by atoms with E-state index in [-0.39, 0.29) is 11.7 Å². The van der Waals surface area contributed by atoms with Crippen LogP contribution in [0.2, 0.25) is 0 Å². The SMILES string of the molecule is O=C(c1ccc(CN2CCC(Cc3cccc(F)c3)CC2)cc1)N1CCCC1. The van der Waals surface area contributed by atoms with E-state index < -0.39 is 0 Å². The Labute approximate surface area is 167 Å². The molecule has 2 aromatic carbocycles. The van der Waals surface area contributed by atoms with Crippen LogP contribution in [0.25, 0.3) is 0 Å². The predicted octanol–water partition coefficient (Wildman–Crippen LogP) is 4.52. The van der Waals surface area contributed by atoms with E-state index in [2.05, 4.69) is 17.0 Å². The Morgan fingerprint density at radius 2 is 1.64 bits per heavy atom. The van der Waals surface area contributed by atoms with Gasteiger partial charge in [-0.25, -0.2) is 4.39 Å². The molecule has 28 heavy (non-hydrogen) atoms. The van der Waals surface area contributed by atoms with Crippen LogP contribution in [0.4, 0.5) is 4.39 Å². The number of carbonyl (C=O) groups excluding carboxylic acids is 1. The minimum atomic E-state index is -0.137. The minimum absolute atomic E-state index is 0.137. The van der Waals surface area contributed by atoms with Crippen LogP contribution >= 0.6 is 0 Å². The van der Waals surface area contributed by atoms with Crippen LogP contribution in [0.3, 0.4) is 0 Å². The highest BCUT2D eigenvalue weighted by atomic mass is 19.1. The van der Waals surface area contributed by atoms with E-state index in [1.54, 1.807) is 12.1 Å². The molecule has 148 valence electrons. The van der Waals surface area contributed by atoms with Gasteiger partial charge in [-0.3, -0.25) is 9.69 Å². The Morgan fingerprint density at radius 3 is 2.32 bits per heavy atom. The van der Waals surface area contributed by atoms with Crippen molar-refractivity contribution in [2.45, 2.75) is 38.6 Å². The lowest BCUT2D eigenvalue weighted by atomic mass is 9.90. The molecule has 0 radical (unpaired) electrons. The molecule has 1 amide bonds. The van der Waals surface area contributed by atoms with Crippen molar-refractivity contribution < 1.29 is 9.18 Å². The van der Waals surface area contributed by atoms with Gasteiger partial charge in [-0.15, -0.1) is 0 Å². The topological polar surface area (TPSA) is 23.6 Å². The van der Waals surface area contributed by atoms with Gasteiger partial charge in [-0.2, -0.15) is 0 Å². The lowest BCUT2D eigenvalue weighted by molar-refractivity contribution is 0.0793. The molecule has 0 bridgehead atoms. The van der Waals surface area contributed by atoms with Gasteiger partial charge in [0.25, 0.3) is 5.91 Å². The van der Waals surface area contributed by atoms with Crippen molar-refractivity contribution in [3.05, 3.63) is 71.0 Å². The normalized spacial score (nSPS) is 18.5. The van der Waals surface area contributed by atoms with E-state index in [1.165, 1.54) is 11.6 Å². The number of rotatable bonds is 5. The number of nitrogens with zero attached hydrogens (tertiary/aromatic N) is 2. The molecular weight excluding hydrogens is 351 g/mol. The fourth-order valence-electron chi connectivity index (χ4n) is 4.46. The molecule has 2 aliphatic heterocycles. The number of hydrogen-bond donors (Lipinski definition) is 0. The van der Waals surface area contributed by atoms with Crippen molar-refractivity contribution >= 4 is 5.91 Å². The second-order valence-corrected chi connectivity index (χ2v) is 8.25. The summed E-state index contributed by atoms with van der Waals surface area (Å²) in [6.45, 7) is 4.88. The van der Waals surface area contributed by atoms with Crippen LogP contribution in [0.15, 0.2) is 48.5 Å². The number of halogens is 1. The third-order valence-corrected chi connectivity index (χ3v) is 6.12. The first-order chi connectivity index (χ1) is 13.7. The highest BCUT2D eigenvalue weighted by molar-refractivity contribution is 5.94. The fraction of sp³-hybridized carbons (Fsp3) is 0.458. The first-order valence-corrected chi connectivity index (χ1v) is 10.5. The van der Waals surface area contributed by atoms with Crippen LogP contribution in [0, 0.1) is 11.7 Å². The van der Waals surface area contributed by atoms with Gasteiger partial charge in [-0.05, 0) is 86.5 Å². The van der Waals surface area contributed by atoms with E-state index in [9.17, 15) is 9.18 Å². The van der Waals surface area contributed by atoms with Crippen molar-refractivity contribution in [2.24, 2.45) is 5.92 Å². The maximum Gasteiger partial charge on any atom is 0.253 e. The molecule has 0 atom stereocenters. The van der Waals surface area contributed by atoms with Crippen molar-refractivity contribution in [2.75, 3.05) is 26.2 Å². The quantitative estimate of drug-likeness (QED) is 0.762. The summed E-state index contributed by atoms with van der Waals surface area (Å²) in [5.74, 6) is 0.669. The molecule has 2 fully saturated rings. The molecular formula is C24H29FN2O. The second kappa shape index (κ2) is 8.87. The molecule has 2 saturated heterocycles. The number of likely N-dealkylation sites (tertiary alicyclic amines) is 2. The van der Waals surface area contributed by atoms with Crippen molar-refractivity contribution in [1.29, 1.82) is 0 Å². The summed E-state index contributed by atoms with van der Waals surface area (Å²) < 4.78 is 13.4. The van der Waals surface area contributed by atoms with Crippen molar-refractivity contribution in [1.82, 2.24) is 9.80 Å². The van der Waals surface area contributed by atoms with Gasteiger partial charge in [0.1, 0.15) is 5.82 Å². The van der Waals surface area contributed by atoms with E-state index in [1.807, 2.05) is 23.1 Å². The molecule has 0 saturated carbocycles. The van der Waals surface area contributed by atoms with Gasteiger partial charge in [0.05, 0.1) is 0 Å². The number of carbonyl (C=O) groups is 1. The molecule has 0 aliphatic carbocycles. The fourth-order valence-corrected chi connectivity index (χ4v) is 4.46. The third-order valence-electron chi connectivity index (χ3n) is 6.12. The standard InChI is InChI=1S/C24H29FN2O/c25-23-5-3-4-21(17-23)16-19-10-14-26(15-11-19)18-20-6-8-22(9-7-20)24(28)27-12-1-2-13-27/h3-9,17,19H,1-2,10-16,18H2. The first kappa shape index (κ1) is 19.1. The largest absolute Gasteiger partial charge is 0.339 e. The minimum Gasteiger partial charge on any atom is -0.339 e. The summed E-state index contributed by atoms with van der Waals surface area (Å²) in [6, 6.07) is 15.2. The summed E-state index contributed by atoms with van der Waals surface area (Å²) in [5, 5.41) is 0. The van der Waals surface area contributed by atoms with Gasteiger partial charge in [0, 0.05) is 25.2 Å². The van der Waals surface area contributed by atoms with Crippen LogP contribution in [0.1, 0.15) is 47.2 Å². The smallest absolute Gasteiger partial charge is 0.253 e. The summed E-state index contributed by atoms with van der Waals surface area (Å²) in [5.41, 5.74) is 3.18. The maximum atomic E-state index is 13.4. The first-order valence-electron chi connectivity index (χ1n) is 10.5. The average molecular weight is 381 g/mol. The summed E-state index contributed by atoms with van der Waals surface area (Å²) >= 11 is 0. The van der Waals surface area contributed by atoms with Crippen LogP contribution in [-0.4, -0.2) is 41.9 Å². The number of piperidine rings is 1. The monoisotopic (exact) mass is 380 g/mol. The Bertz CT molecular complexity index is 791. The number of benzene rings is 2. The van der Waals surface area contributed by atoms with Crippen LogP contribution < -0.4 is 0 Å². The lowest BCUT2D eigenvalue weighted by Crippen LogP contribution is -2.33. The zero-order valence-electron chi connectivity index (χ0n) is 16.4. The second-order valence-electron chi connectivity index (χ2n) is 8.25. The summed E-state index contributed by atoms with van der Waals surface area (Å²) in [4.78, 5) is 16.9. The van der Waals surface area contributed by atoms with Gasteiger partial charge in [0.2, 0.25) is 0 Å². The molecule has 4 rings (SSSR count). The number of amides is 1.